The molecule has 1 aliphatic rings. The lowest BCUT2D eigenvalue weighted by atomic mass is 9.85. The van der Waals surface area contributed by atoms with Gasteiger partial charge >= 0.3 is 0 Å². The van der Waals surface area contributed by atoms with Crippen LogP contribution in [0, 0.1) is 12.8 Å². The van der Waals surface area contributed by atoms with Gasteiger partial charge in [-0.2, -0.15) is 0 Å². The molecule has 2 aromatic carbocycles. The quantitative estimate of drug-likeness (QED) is 0.207. The zero-order valence-corrected chi connectivity index (χ0v) is 22.6. The molecule has 1 atom stereocenters. The molecule has 1 heterocycles. The fraction of sp³-hybridized carbons (Fsp3) is 0.467. The Hall–Kier alpha value is -3.12. The Morgan fingerprint density at radius 2 is 1.75 bits per heavy atom. The van der Waals surface area contributed by atoms with Gasteiger partial charge in [0.2, 0.25) is 0 Å². The topological polar surface area (TPSA) is 76.1 Å². The average molecular weight is 494 g/mol. The van der Waals surface area contributed by atoms with Crippen molar-refractivity contribution >= 4 is 17.4 Å². The normalized spacial score (nSPS) is 17.8. The van der Waals surface area contributed by atoms with Gasteiger partial charge in [-0.25, -0.2) is 0 Å². The molecule has 36 heavy (non-hydrogen) atoms. The molecule has 6 nitrogen and oxygen atoms in total. The van der Waals surface area contributed by atoms with Crippen LogP contribution in [0.25, 0.3) is 5.76 Å². The number of aliphatic hydroxyl groups excluding tert-OH is 1. The predicted molar refractivity (Wildman–Crippen MR) is 142 cm³/mol. The third-order valence-corrected chi connectivity index (χ3v) is 6.42. The number of aryl methyl sites for hydroxylation is 1. The van der Waals surface area contributed by atoms with Crippen molar-refractivity contribution in [2.75, 3.05) is 26.9 Å². The second-order valence-corrected chi connectivity index (χ2v) is 10.9. The lowest BCUT2D eigenvalue weighted by molar-refractivity contribution is -0.140. The number of nitrogens with zero attached hydrogens (tertiary/aromatic N) is 1. The molecule has 1 N–H and O–H groups in total. The fourth-order valence-electron chi connectivity index (χ4n) is 4.40. The Kier molecular flexibility index (Phi) is 8.62. The number of amides is 1. The van der Waals surface area contributed by atoms with E-state index in [1.54, 1.807) is 24.1 Å². The van der Waals surface area contributed by atoms with Crippen molar-refractivity contribution in [2.45, 2.75) is 59.4 Å². The first kappa shape index (κ1) is 27.5. The maximum atomic E-state index is 13.3. The molecule has 0 spiro atoms. The molecule has 1 saturated heterocycles. The van der Waals surface area contributed by atoms with Gasteiger partial charge in [-0.15, -0.1) is 0 Å². The summed E-state index contributed by atoms with van der Waals surface area (Å²) in [5.74, 6) is -0.355. The molecule has 1 fully saturated rings. The van der Waals surface area contributed by atoms with E-state index in [2.05, 4.69) is 34.6 Å². The summed E-state index contributed by atoms with van der Waals surface area (Å²) < 4.78 is 11.0. The molecular weight excluding hydrogens is 454 g/mol. The van der Waals surface area contributed by atoms with Crippen LogP contribution in [0.5, 0.6) is 5.75 Å². The molecule has 194 valence electrons. The number of ketones is 1. The van der Waals surface area contributed by atoms with Crippen molar-refractivity contribution in [1.82, 2.24) is 4.90 Å². The van der Waals surface area contributed by atoms with E-state index in [0.717, 1.165) is 16.7 Å². The summed E-state index contributed by atoms with van der Waals surface area (Å²) in [4.78, 5) is 27.9. The van der Waals surface area contributed by atoms with Crippen LogP contribution in [0.3, 0.4) is 0 Å². The molecule has 0 aliphatic carbocycles. The number of aliphatic hydroxyl groups is 1. The van der Waals surface area contributed by atoms with Gasteiger partial charge < -0.3 is 19.5 Å². The maximum absolute atomic E-state index is 13.3. The number of benzene rings is 2. The molecular formula is C30H39NO5. The molecule has 3 rings (SSSR count). The first-order chi connectivity index (χ1) is 17.0. The minimum Gasteiger partial charge on any atom is -0.507 e. The number of hydrogen-bond acceptors (Lipinski definition) is 5. The van der Waals surface area contributed by atoms with Crippen LogP contribution >= 0.6 is 0 Å². The zero-order chi connectivity index (χ0) is 26.6. The number of carbonyl (C=O) groups is 2. The highest BCUT2D eigenvalue weighted by molar-refractivity contribution is 6.46. The van der Waals surface area contributed by atoms with Crippen LogP contribution in [0.2, 0.25) is 0 Å². The van der Waals surface area contributed by atoms with E-state index in [-0.39, 0.29) is 16.7 Å². The lowest BCUT2D eigenvalue weighted by Gasteiger charge is -2.26. The first-order valence-corrected chi connectivity index (χ1v) is 12.6. The van der Waals surface area contributed by atoms with Crippen molar-refractivity contribution in [2.24, 2.45) is 5.92 Å². The van der Waals surface area contributed by atoms with E-state index in [9.17, 15) is 14.7 Å². The number of carbonyl (C=O) groups excluding carboxylic acids is 2. The van der Waals surface area contributed by atoms with Gasteiger partial charge in [0, 0.05) is 25.8 Å². The van der Waals surface area contributed by atoms with Crippen molar-refractivity contribution in [3.63, 3.8) is 0 Å². The summed E-state index contributed by atoms with van der Waals surface area (Å²) in [6.07, 6.45) is 0.584. The Balaban J connectivity index is 2.08. The van der Waals surface area contributed by atoms with Crippen LogP contribution < -0.4 is 4.74 Å². The Morgan fingerprint density at radius 1 is 1.08 bits per heavy atom. The highest BCUT2D eigenvalue weighted by Crippen LogP contribution is 2.40. The largest absolute Gasteiger partial charge is 0.507 e. The lowest BCUT2D eigenvalue weighted by Crippen LogP contribution is -2.31. The Morgan fingerprint density at radius 3 is 2.31 bits per heavy atom. The average Bonchev–Trinajstić information content (AvgIpc) is 3.07. The summed E-state index contributed by atoms with van der Waals surface area (Å²) in [5.41, 5.74) is 3.29. The standard InChI is InChI=1S/C30H39NO5/c1-19(2)18-36-23-13-14-24(20(3)17-23)27(32)25-26(21-9-11-22(12-10-21)30(4,5)6)31(15-8-16-35-7)29(34)28(25)33/h9-14,17,19,26,32H,8,15-16,18H2,1-7H3. The molecule has 1 amide bonds. The van der Waals surface area contributed by atoms with E-state index in [4.69, 9.17) is 9.47 Å². The number of Topliss-reactive ketones (excluding diaryl/α,β-unsaturated/α-hetero) is 1. The Labute approximate surface area is 214 Å². The fourth-order valence-corrected chi connectivity index (χ4v) is 4.40. The Bertz CT molecular complexity index is 1130. The van der Waals surface area contributed by atoms with E-state index in [1.807, 2.05) is 37.3 Å². The molecule has 2 aromatic rings. The number of ether oxygens (including phenoxy) is 2. The van der Waals surface area contributed by atoms with Crippen LogP contribution in [0.1, 0.15) is 69.3 Å². The predicted octanol–water partition coefficient (Wildman–Crippen LogP) is 5.79. The van der Waals surface area contributed by atoms with Crippen LogP contribution in [-0.2, 0) is 19.7 Å². The summed E-state index contributed by atoms with van der Waals surface area (Å²) >= 11 is 0. The highest BCUT2D eigenvalue weighted by Gasteiger charge is 2.46. The number of likely N-dealkylation sites (tertiary alicyclic amines) is 1. The summed E-state index contributed by atoms with van der Waals surface area (Å²) in [5, 5.41) is 11.4. The second-order valence-electron chi connectivity index (χ2n) is 10.9. The van der Waals surface area contributed by atoms with Gasteiger partial charge in [0.15, 0.2) is 0 Å². The number of hydrogen-bond donors (Lipinski definition) is 1. The monoisotopic (exact) mass is 493 g/mol. The van der Waals surface area contributed by atoms with Gasteiger partial charge in [0.1, 0.15) is 11.5 Å². The first-order valence-electron chi connectivity index (χ1n) is 12.6. The molecule has 0 saturated carbocycles. The van der Waals surface area contributed by atoms with E-state index in [0.29, 0.717) is 43.4 Å². The molecule has 1 unspecified atom stereocenters. The third-order valence-electron chi connectivity index (χ3n) is 6.42. The third kappa shape index (κ3) is 5.98. The molecule has 1 aliphatic heterocycles. The van der Waals surface area contributed by atoms with Crippen molar-refractivity contribution < 1.29 is 24.2 Å². The summed E-state index contributed by atoms with van der Waals surface area (Å²) in [7, 11) is 1.61. The zero-order valence-electron chi connectivity index (χ0n) is 22.6. The highest BCUT2D eigenvalue weighted by atomic mass is 16.5. The summed E-state index contributed by atoms with van der Waals surface area (Å²) in [6, 6.07) is 12.6. The van der Waals surface area contributed by atoms with Gasteiger partial charge in [-0.05, 0) is 59.6 Å². The minimum atomic E-state index is -0.674. The van der Waals surface area contributed by atoms with Gasteiger partial charge in [-0.1, -0.05) is 58.9 Å². The van der Waals surface area contributed by atoms with E-state index in [1.165, 1.54) is 0 Å². The van der Waals surface area contributed by atoms with E-state index >= 15 is 0 Å². The molecule has 0 aromatic heterocycles. The van der Waals surface area contributed by atoms with Crippen molar-refractivity contribution in [1.29, 1.82) is 0 Å². The van der Waals surface area contributed by atoms with Crippen LogP contribution in [0.15, 0.2) is 48.0 Å². The minimum absolute atomic E-state index is 0.0324. The SMILES string of the molecule is COCCCN1C(=O)C(=O)C(=C(O)c2ccc(OCC(C)C)cc2C)C1c1ccc(C(C)(C)C)cc1. The van der Waals surface area contributed by atoms with Crippen LogP contribution in [-0.4, -0.2) is 48.6 Å². The smallest absolute Gasteiger partial charge is 0.295 e. The maximum Gasteiger partial charge on any atom is 0.295 e. The summed E-state index contributed by atoms with van der Waals surface area (Å²) in [6.45, 7) is 13.8. The van der Waals surface area contributed by atoms with Gasteiger partial charge in [0.25, 0.3) is 11.7 Å². The van der Waals surface area contributed by atoms with Gasteiger partial charge in [-0.3, -0.25) is 9.59 Å². The van der Waals surface area contributed by atoms with E-state index < -0.39 is 17.7 Å². The van der Waals surface area contributed by atoms with Crippen LogP contribution in [0.4, 0.5) is 0 Å². The van der Waals surface area contributed by atoms with Gasteiger partial charge in [0.05, 0.1) is 18.2 Å². The van der Waals surface area contributed by atoms with Crippen molar-refractivity contribution in [3.05, 3.63) is 70.3 Å². The molecule has 0 radical (unpaired) electrons. The number of methoxy groups -OCH3 is 1. The molecule has 6 heteroatoms. The second kappa shape index (κ2) is 11.3. The molecule has 0 bridgehead atoms. The van der Waals surface area contributed by atoms with Crippen molar-refractivity contribution in [3.8, 4) is 5.75 Å². The number of rotatable bonds is 9.